The van der Waals surface area contributed by atoms with Crippen molar-refractivity contribution in [1.29, 1.82) is 0 Å². The number of aromatic amines is 1. The van der Waals surface area contributed by atoms with Crippen LogP contribution in [0, 0.1) is 10.1 Å². The van der Waals surface area contributed by atoms with Gasteiger partial charge in [0.05, 0.1) is 22.2 Å². The molecule has 204 valence electrons. The number of rotatable bonds is 7. The van der Waals surface area contributed by atoms with E-state index >= 15 is 0 Å². The Kier molecular flexibility index (Phi) is 6.96. The van der Waals surface area contributed by atoms with Gasteiger partial charge in [-0.3, -0.25) is 14.9 Å². The van der Waals surface area contributed by atoms with Crippen LogP contribution in [0.2, 0.25) is 0 Å². The van der Waals surface area contributed by atoms with Gasteiger partial charge in [0, 0.05) is 34.0 Å². The Hall–Kier alpha value is -6.09. The minimum atomic E-state index is -0.687. The minimum absolute atomic E-state index is 0.131. The van der Waals surface area contributed by atoms with Gasteiger partial charge >= 0.3 is 5.97 Å². The van der Waals surface area contributed by atoms with Crippen molar-refractivity contribution in [2.24, 2.45) is 5.10 Å². The van der Waals surface area contributed by atoms with E-state index in [1.165, 1.54) is 30.5 Å². The summed E-state index contributed by atoms with van der Waals surface area (Å²) < 4.78 is 5.51. The molecule has 1 amide bonds. The van der Waals surface area contributed by atoms with E-state index in [1.807, 2.05) is 66.7 Å². The van der Waals surface area contributed by atoms with Gasteiger partial charge in [-0.15, -0.1) is 0 Å². The number of hydrazone groups is 1. The molecule has 0 saturated heterocycles. The summed E-state index contributed by atoms with van der Waals surface area (Å²) in [6.07, 6.45) is 1.39. The Bertz CT molecular complexity index is 2000. The van der Waals surface area contributed by atoms with Crippen molar-refractivity contribution in [2.75, 3.05) is 0 Å². The minimum Gasteiger partial charge on any atom is -0.422 e. The number of nitro benzene ring substituents is 1. The number of para-hydroxylation sites is 1. The number of ether oxygens (including phenoxy) is 1. The zero-order valence-electron chi connectivity index (χ0n) is 22.0. The molecule has 9 heteroatoms. The van der Waals surface area contributed by atoms with Gasteiger partial charge in [-0.2, -0.15) is 5.10 Å². The third-order valence-electron chi connectivity index (χ3n) is 6.79. The molecule has 1 aromatic heterocycles. The molecule has 1 heterocycles. The highest BCUT2D eigenvalue weighted by Gasteiger charge is 2.20. The number of amides is 1. The van der Waals surface area contributed by atoms with Crippen LogP contribution in [0.15, 0.2) is 120 Å². The summed E-state index contributed by atoms with van der Waals surface area (Å²) in [5, 5.41) is 18.0. The summed E-state index contributed by atoms with van der Waals surface area (Å²) in [5.74, 6) is -0.917. The van der Waals surface area contributed by atoms with E-state index in [9.17, 15) is 19.7 Å². The Morgan fingerprint density at radius 1 is 0.810 bits per heavy atom. The molecular weight excluding hydrogens is 532 g/mol. The standard InChI is InChI=1S/C33H22N4O5/c38-32(31-29(22-9-2-1-3-10-22)27-19-16-21-8-4-6-12-26(21)30(27)35-31)36-34-20-24-11-5-7-13-28(24)42-33(39)23-14-17-25(18-15-23)37(40)41/h1-20,35H,(H,36,38). The van der Waals surface area contributed by atoms with E-state index in [0.717, 1.165) is 32.8 Å². The maximum atomic E-state index is 13.5. The van der Waals surface area contributed by atoms with Gasteiger partial charge < -0.3 is 9.72 Å². The van der Waals surface area contributed by atoms with Crippen molar-refractivity contribution in [3.63, 3.8) is 0 Å². The van der Waals surface area contributed by atoms with E-state index in [1.54, 1.807) is 24.3 Å². The normalized spacial score (nSPS) is 11.1. The van der Waals surface area contributed by atoms with Gasteiger partial charge in [-0.1, -0.05) is 78.9 Å². The van der Waals surface area contributed by atoms with Crippen molar-refractivity contribution in [3.05, 3.63) is 142 Å². The quantitative estimate of drug-likeness (QED) is 0.0731. The zero-order valence-corrected chi connectivity index (χ0v) is 22.0. The fourth-order valence-corrected chi connectivity index (χ4v) is 4.79. The van der Waals surface area contributed by atoms with Crippen molar-refractivity contribution < 1.29 is 19.2 Å². The lowest BCUT2D eigenvalue weighted by Crippen LogP contribution is -2.19. The summed E-state index contributed by atoms with van der Waals surface area (Å²) >= 11 is 0. The van der Waals surface area contributed by atoms with Crippen LogP contribution in [-0.2, 0) is 0 Å². The van der Waals surface area contributed by atoms with E-state index in [2.05, 4.69) is 15.5 Å². The van der Waals surface area contributed by atoms with Gasteiger partial charge in [0.1, 0.15) is 11.4 Å². The Labute approximate surface area is 239 Å². The van der Waals surface area contributed by atoms with Crippen LogP contribution < -0.4 is 10.2 Å². The topological polar surface area (TPSA) is 127 Å². The van der Waals surface area contributed by atoms with Crippen LogP contribution >= 0.6 is 0 Å². The van der Waals surface area contributed by atoms with Gasteiger partial charge in [0.2, 0.25) is 0 Å². The lowest BCUT2D eigenvalue weighted by molar-refractivity contribution is -0.384. The fourth-order valence-electron chi connectivity index (χ4n) is 4.79. The number of hydrogen-bond acceptors (Lipinski definition) is 6. The molecule has 0 radical (unpaired) electrons. The molecule has 6 rings (SSSR count). The van der Waals surface area contributed by atoms with Crippen molar-refractivity contribution in [3.8, 4) is 16.9 Å². The number of hydrogen-bond donors (Lipinski definition) is 2. The summed E-state index contributed by atoms with van der Waals surface area (Å²) in [7, 11) is 0. The number of benzene rings is 5. The molecule has 0 atom stereocenters. The summed E-state index contributed by atoms with van der Waals surface area (Å²) in [6.45, 7) is 0. The highest BCUT2D eigenvalue weighted by atomic mass is 16.6. The summed E-state index contributed by atoms with van der Waals surface area (Å²) in [4.78, 5) is 39.8. The molecule has 0 aliphatic heterocycles. The number of nitrogens with one attached hydrogen (secondary N) is 2. The molecule has 0 aliphatic rings. The predicted octanol–water partition coefficient (Wildman–Crippen LogP) is 6.88. The fraction of sp³-hybridized carbons (Fsp3) is 0. The Morgan fingerprint density at radius 2 is 1.52 bits per heavy atom. The van der Waals surface area contributed by atoms with E-state index in [4.69, 9.17) is 4.74 Å². The second-order valence-electron chi connectivity index (χ2n) is 9.38. The van der Waals surface area contributed by atoms with Gasteiger partial charge in [0.15, 0.2) is 0 Å². The molecule has 0 fully saturated rings. The molecule has 0 spiro atoms. The van der Waals surface area contributed by atoms with Crippen molar-refractivity contribution in [2.45, 2.75) is 0 Å². The highest BCUT2D eigenvalue weighted by molar-refractivity contribution is 6.16. The monoisotopic (exact) mass is 554 g/mol. The van der Waals surface area contributed by atoms with Crippen molar-refractivity contribution >= 4 is 45.5 Å². The lowest BCUT2D eigenvalue weighted by Gasteiger charge is -2.07. The average Bonchev–Trinajstić information content (AvgIpc) is 3.43. The van der Waals surface area contributed by atoms with Crippen LogP contribution in [0.4, 0.5) is 5.69 Å². The number of fused-ring (bicyclic) bond motifs is 3. The molecule has 5 aromatic carbocycles. The van der Waals surface area contributed by atoms with Crippen LogP contribution in [0.3, 0.4) is 0 Å². The Balaban J connectivity index is 1.27. The maximum Gasteiger partial charge on any atom is 0.343 e. The molecule has 6 aromatic rings. The van der Waals surface area contributed by atoms with Gasteiger partial charge in [-0.05, 0) is 35.2 Å². The van der Waals surface area contributed by atoms with Gasteiger partial charge in [-0.25, -0.2) is 10.2 Å². The number of nitro groups is 1. The average molecular weight is 555 g/mol. The van der Waals surface area contributed by atoms with Crippen molar-refractivity contribution in [1.82, 2.24) is 10.4 Å². The number of H-pyrrole nitrogens is 1. The number of carbonyl (C=O) groups excluding carboxylic acids is 2. The predicted molar refractivity (Wildman–Crippen MR) is 161 cm³/mol. The van der Waals surface area contributed by atoms with E-state index in [0.29, 0.717) is 11.3 Å². The third-order valence-corrected chi connectivity index (χ3v) is 6.79. The maximum absolute atomic E-state index is 13.5. The van der Waals surface area contributed by atoms with E-state index < -0.39 is 16.8 Å². The lowest BCUT2D eigenvalue weighted by atomic mass is 9.99. The first kappa shape index (κ1) is 26.1. The second kappa shape index (κ2) is 11.2. The number of esters is 1. The molecule has 42 heavy (non-hydrogen) atoms. The van der Waals surface area contributed by atoms with Crippen LogP contribution in [-0.4, -0.2) is 28.0 Å². The first-order valence-electron chi connectivity index (χ1n) is 13.0. The molecule has 2 N–H and O–H groups in total. The summed E-state index contributed by atoms with van der Waals surface area (Å²) in [6, 6.07) is 33.5. The highest BCUT2D eigenvalue weighted by Crippen LogP contribution is 2.36. The molecular formula is C33H22N4O5. The first-order chi connectivity index (χ1) is 20.5. The summed E-state index contributed by atoms with van der Waals surface area (Å²) in [5.41, 5.74) is 5.92. The molecule has 9 nitrogen and oxygen atoms in total. The second-order valence-corrected chi connectivity index (χ2v) is 9.38. The van der Waals surface area contributed by atoms with Gasteiger partial charge in [0.25, 0.3) is 11.6 Å². The largest absolute Gasteiger partial charge is 0.422 e. The SMILES string of the molecule is O=C(Oc1ccccc1C=NNC(=O)c1[nH]c2c(ccc3ccccc32)c1-c1ccccc1)c1ccc([N+](=O)[O-])cc1. The van der Waals surface area contributed by atoms with E-state index in [-0.39, 0.29) is 17.0 Å². The number of nitrogens with zero attached hydrogens (tertiary/aromatic N) is 2. The van der Waals surface area contributed by atoms with Crippen LogP contribution in [0.1, 0.15) is 26.4 Å². The number of non-ortho nitro benzene ring substituents is 1. The third kappa shape index (κ3) is 5.09. The first-order valence-corrected chi connectivity index (χ1v) is 13.0. The number of carbonyl (C=O) groups is 2. The molecule has 0 saturated carbocycles. The number of aromatic nitrogens is 1. The van der Waals surface area contributed by atoms with Crippen LogP contribution in [0.25, 0.3) is 32.8 Å². The Morgan fingerprint density at radius 3 is 2.31 bits per heavy atom. The van der Waals surface area contributed by atoms with Crippen LogP contribution in [0.5, 0.6) is 5.75 Å². The molecule has 0 aliphatic carbocycles. The smallest absolute Gasteiger partial charge is 0.343 e. The zero-order chi connectivity index (χ0) is 29.1. The molecule has 0 bridgehead atoms. The molecule has 0 unspecified atom stereocenters.